The zero-order chi connectivity index (χ0) is 23.5. The maximum absolute atomic E-state index is 11.6. The van der Waals surface area contributed by atoms with Gasteiger partial charge in [-0.2, -0.15) is 9.78 Å². The maximum Gasteiger partial charge on any atom is 0.456 e. The first-order chi connectivity index (χ1) is 15.2. The first-order valence-corrected chi connectivity index (χ1v) is 10.4. The van der Waals surface area contributed by atoms with Crippen molar-refractivity contribution in [3.63, 3.8) is 0 Å². The Hall–Kier alpha value is -2.78. The number of carbonyl (C=O) groups is 2. The van der Waals surface area contributed by atoms with E-state index in [0.717, 1.165) is 24.0 Å². The number of carbonyl (C=O) groups excluding carboxylic acids is 2. The van der Waals surface area contributed by atoms with Crippen LogP contribution in [0.5, 0.6) is 0 Å². The molecule has 0 aliphatic rings. The zero-order valence-electron chi connectivity index (χ0n) is 18.9. The lowest BCUT2D eigenvalue weighted by Gasteiger charge is -2.22. The van der Waals surface area contributed by atoms with E-state index in [1.165, 1.54) is 0 Å². The highest BCUT2D eigenvalue weighted by molar-refractivity contribution is 6.29. The molecule has 2 rings (SSSR count). The summed E-state index contributed by atoms with van der Waals surface area (Å²) in [6.45, 7) is 7.04. The van der Waals surface area contributed by atoms with Crippen LogP contribution in [0.15, 0.2) is 60.7 Å². The minimum absolute atomic E-state index is 0.591. The Morgan fingerprint density at radius 2 is 0.969 bits per heavy atom. The van der Waals surface area contributed by atoms with Crippen molar-refractivity contribution in [1.82, 2.24) is 0 Å². The zero-order valence-corrected chi connectivity index (χ0v) is 18.9. The molecule has 0 bridgehead atoms. The van der Waals surface area contributed by atoms with E-state index >= 15 is 0 Å². The van der Waals surface area contributed by atoms with E-state index < -0.39 is 23.1 Å². The fraction of sp³-hybridized carbons (Fsp3) is 0.417. The molecule has 8 heteroatoms. The topological polar surface area (TPSA) is 89.5 Å². The Balaban J connectivity index is 1.62. The van der Waals surface area contributed by atoms with Crippen LogP contribution in [0.2, 0.25) is 0 Å². The molecule has 8 nitrogen and oxygen atoms in total. The van der Waals surface area contributed by atoms with Gasteiger partial charge in [0.05, 0.1) is 0 Å². The van der Waals surface area contributed by atoms with E-state index in [1.54, 1.807) is 27.7 Å². The molecule has 0 unspecified atom stereocenters. The molecule has 0 spiro atoms. The first-order valence-electron chi connectivity index (χ1n) is 10.4. The Kier molecular flexibility index (Phi) is 9.80. The normalized spacial score (nSPS) is 11.8. The van der Waals surface area contributed by atoms with Gasteiger partial charge in [0.2, 0.25) is 0 Å². The summed E-state index contributed by atoms with van der Waals surface area (Å²) in [5, 5.41) is 8.92. The maximum atomic E-state index is 11.6. The van der Waals surface area contributed by atoms with Gasteiger partial charge in [0.1, 0.15) is 11.2 Å². The van der Waals surface area contributed by atoms with Gasteiger partial charge in [-0.1, -0.05) is 60.7 Å². The van der Waals surface area contributed by atoms with Crippen molar-refractivity contribution in [2.75, 3.05) is 0 Å². The van der Waals surface area contributed by atoms with Crippen molar-refractivity contribution >= 4 is 11.9 Å². The second-order valence-corrected chi connectivity index (χ2v) is 8.53. The van der Waals surface area contributed by atoms with E-state index in [4.69, 9.17) is 9.78 Å². The molecule has 0 aromatic heterocycles. The SMILES string of the molecule is CC(C)(CCc1ccccc1)OOOC(=O)C(=O)OOOC(C)(C)CCc1ccccc1. The molecule has 0 heterocycles. The van der Waals surface area contributed by atoms with Gasteiger partial charge < -0.3 is 0 Å². The predicted molar refractivity (Wildman–Crippen MR) is 114 cm³/mol. The average Bonchev–Trinajstić information content (AvgIpc) is 2.77. The van der Waals surface area contributed by atoms with Gasteiger partial charge >= 0.3 is 11.9 Å². The summed E-state index contributed by atoms with van der Waals surface area (Å²) in [6.07, 6.45) is 2.65. The fourth-order valence-electron chi connectivity index (χ4n) is 2.61. The first kappa shape index (κ1) is 25.5. The van der Waals surface area contributed by atoms with Gasteiger partial charge in [-0.3, -0.25) is 9.78 Å². The van der Waals surface area contributed by atoms with Gasteiger partial charge in [0, 0.05) is 0 Å². The van der Waals surface area contributed by atoms with Gasteiger partial charge in [-0.25, -0.2) is 9.59 Å². The lowest BCUT2D eigenvalue weighted by Crippen LogP contribution is -2.29. The number of benzene rings is 2. The van der Waals surface area contributed by atoms with Gasteiger partial charge in [0.15, 0.2) is 0 Å². The summed E-state index contributed by atoms with van der Waals surface area (Å²) >= 11 is 0. The molecule has 0 amide bonds. The van der Waals surface area contributed by atoms with Crippen molar-refractivity contribution in [1.29, 1.82) is 0 Å². The molecule has 0 saturated carbocycles. The van der Waals surface area contributed by atoms with Crippen LogP contribution in [0.4, 0.5) is 0 Å². The van der Waals surface area contributed by atoms with Crippen LogP contribution in [0.3, 0.4) is 0 Å². The highest BCUT2D eigenvalue weighted by Gasteiger charge is 2.27. The van der Waals surface area contributed by atoms with Crippen LogP contribution in [-0.2, 0) is 52.1 Å². The molecule has 2 aromatic rings. The molecule has 0 aliphatic carbocycles. The Labute approximate surface area is 188 Å². The second-order valence-electron chi connectivity index (χ2n) is 8.53. The molecule has 2 aromatic carbocycles. The standard InChI is InChI=1S/C24H30O8/c1-23(2,17-15-19-11-7-5-8-12-19)29-31-27-21(25)22(26)28-32-30-24(3,4)18-16-20-13-9-6-10-14-20/h5-14H,15-18H2,1-4H3. The van der Waals surface area contributed by atoms with Crippen molar-refractivity contribution in [2.24, 2.45) is 0 Å². The van der Waals surface area contributed by atoms with E-state index in [2.05, 4.69) is 19.9 Å². The van der Waals surface area contributed by atoms with Crippen molar-refractivity contribution in [2.45, 2.75) is 64.6 Å². The van der Waals surface area contributed by atoms with Gasteiger partial charge in [-0.05, 0) is 74.6 Å². The highest BCUT2D eigenvalue weighted by atomic mass is 17.5. The van der Waals surface area contributed by atoms with E-state index in [0.29, 0.717) is 12.8 Å². The fourth-order valence-corrected chi connectivity index (χ4v) is 2.61. The number of hydrogen-bond donors (Lipinski definition) is 0. The lowest BCUT2D eigenvalue weighted by atomic mass is 9.99. The molecule has 32 heavy (non-hydrogen) atoms. The minimum atomic E-state index is -1.45. The highest BCUT2D eigenvalue weighted by Crippen LogP contribution is 2.20. The monoisotopic (exact) mass is 446 g/mol. The third kappa shape index (κ3) is 10.0. The molecular formula is C24H30O8. The van der Waals surface area contributed by atoms with E-state index in [1.807, 2.05) is 60.7 Å². The largest absolute Gasteiger partial charge is 0.456 e. The van der Waals surface area contributed by atoms with Crippen molar-refractivity contribution in [3.05, 3.63) is 71.8 Å². The summed E-state index contributed by atoms with van der Waals surface area (Å²) in [7, 11) is 0. The Morgan fingerprint density at radius 1 is 0.625 bits per heavy atom. The molecule has 0 radical (unpaired) electrons. The summed E-state index contributed by atoms with van der Waals surface area (Å²) in [5.74, 6) is -2.90. The third-order valence-corrected chi connectivity index (χ3v) is 4.62. The van der Waals surface area contributed by atoms with Gasteiger partial charge in [-0.15, -0.1) is 0 Å². The lowest BCUT2D eigenvalue weighted by molar-refractivity contribution is -0.526. The molecule has 0 aliphatic heterocycles. The van der Waals surface area contributed by atoms with Crippen LogP contribution >= 0.6 is 0 Å². The van der Waals surface area contributed by atoms with Crippen LogP contribution < -0.4 is 0 Å². The molecular weight excluding hydrogens is 416 g/mol. The predicted octanol–water partition coefficient (Wildman–Crippen LogP) is 4.62. The molecule has 0 fully saturated rings. The van der Waals surface area contributed by atoms with Gasteiger partial charge in [0.25, 0.3) is 0 Å². The smallest absolute Gasteiger partial charge is 0.255 e. The number of rotatable bonds is 12. The summed E-state index contributed by atoms with van der Waals surface area (Å²) < 4.78 is 0. The van der Waals surface area contributed by atoms with E-state index in [-0.39, 0.29) is 0 Å². The van der Waals surface area contributed by atoms with Crippen LogP contribution in [0, 0.1) is 0 Å². The van der Waals surface area contributed by atoms with Crippen molar-refractivity contribution in [3.8, 4) is 0 Å². The Morgan fingerprint density at radius 3 is 1.31 bits per heavy atom. The third-order valence-electron chi connectivity index (χ3n) is 4.62. The molecule has 0 atom stereocenters. The quantitative estimate of drug-likeness (QED) is 0.265. The Bertz CT molecular complexity index is 762. The molecule has 0 saturated heterocycles. The van der Waals surface area contributed by atoms with Crippen molar-refractivity contribution < 1.29 is 39.2 Å². The molecule has 174 valence electrons. The minimum Gasteiger partial charge on any atom is -0.255 e. The van der Waals surface area contributed by atoms with Crippen LogP contribution in [0.1, 0.15) is 51.7 Å². The summed E-state index contributed by atoms with van der Waals surface area (Å²) in [6, 6.07) is 19.7. The summed E-state index contributed by atoms with van der Waals surface area (Å²) in [4.78, 5) is 42.1. The average molecular weight is 446 g/mol. The van der Waals surface area contributed by atoms with E-state index in [9.17, 15) is 9.59 Å². The summed E-state index contributed by atoms with van der Waals surface area (Å²) in [5.41, 5.74) is 0.743. The second kappa shape index (κ2) is 12.3. The number of hydrogen-bond acceptors (Lipinski definition) is 8. The van der Waals surface area contributed by atoms with Crippen LogP contribution in [0.25, 0.3) is 0 Å². The molecule has 0 N–H and O–H groups in total. The number of aryl methyl sites for hydroxylation is 2. The van der Waals surface area contributed by atoms with Crippen LogP contribution in [-0.4, -0.2) is 23.1 Å².